The highest BCUT2D eigenvalue weighted by molar-refractivity contribution is 6.33. The Morgan fingerprint density at radius 2 is 2.27 bits per heavy atom. The van der Waals surface area contributed by atoms with Crippen molar-refractivity contribution in [1.29, 1.82) is 0 Å². The van der Waals surface area contributed by atoms with E-state index in [2.05, 4.69) is 6.55 Å². The Hall–Kier alpha value is 0.177. The summed E-state index contributed by atoms with van der Waals surface area (Å²) in [6.45, 7) is 2.42. The van der Waals surface area contributed by atoms with E-state index in [1.54, 1.807) is 6.04 Å². The maximum Gasteiger partial charge on any atom is 0.0844 e. The molecule has 1 nitrogen and oxygen atoms in total. The van der Waals surface area contributed by atoms with E-state index in [1.807, 2.05) is 0 Å². The first-order chi connectivity index (χ1) is 5.40. The van der Waals surface area contributed by atoms with E-state index in [0.29, 0.717) is 21.7 Å². The smallest absolute Gasteiger partial charge is 0.0844 e. The first kappa shape index (κ1) is 7.81. The van der Waals surface area contributed by atoms with Crippen LogP contribution in [0.15, 0.2) is 0 Å². The molecule has 1 aliphatic heterocycles. The van der Waals surface area contributed by atoms with Crippen LogP contribution in [0, 0.1) is 5.92 Å². The third kappa shape index (κ3) is 1.85. The molecule has 0 radical (unpaired) electrons. The number of hydrogen-bond acceptors (Lipinski definition) is 1. The zero-order valence-electron chi connectivity index (χ0n) is 7.38. The van der Waals surface area contributed by atoms with E-state index in [0.717, 1.165) is 5.92 Å². The van der Waals surface area contributed by atoms with Crippen molar-refractivity contribution in [2.24, 2.45) is 5.92 Å². The predicted molar refractivity (Wildman–Crippen MR) is 49.8 cm³/mol. The summed E-state index contributed by atoms with van der Waals surface area (Å²) in [5.41, 5.74) is 0. The summed E-state index contributed by atoms with van der Waals surface area (Å²) in [5.74, 6) is 1.03. The summed E-state index contributed by atoms with van der Waals surface area (Å²) in [6, 6.07) is 1.56. The number of fused-ring (bicyclic) bond motifs is 1. The number of epoxide rings is 1. The third-order valence-corrected chi connectivity index (χ3v) is 4.19. The zero-order valence-corrected chi connectivity index (χ0v) is 8.80. The van der Waals surface area contributed by atoms with Gasteiger partial charge in [-0.2, -0.15) is 0 Å². The minimum atomic E-state index is 0.325. The van der Waals surface area contributed by atoms with Gasteiger partial charge in [0.15, 0.2) is 0 Å². The minimum absolute atomic E-state index is 0.325. The van der Waals surface area contributed by atoms with E-state index < -0.39 is 0 Å². The van der Waals surface area contributed by atoms with Gasteiger partial charge in [0.25, 0.3) is 0 Å². The minimum Gasteiger partial charge on any atom is -0.370 e. The molecule has 2 fully saturated rings. The van der Waals surface area contributed by atoms with E-state index in [-0.39, 0.29) is 0 Å². The molecule has 2 rings (SSSR count). The molecule has 2 aliphatic rings. The maximum absolute atomic E-state index is 5.50. The van der Waals surface area contributed by atoms with Crippen LogP contribution in [-0.2, 0) is 4.74 Å². The summed E-state index contributed by atoms with van der Waals surface area (Å²) in [7, 11) is 0.325. The molecule has 0 aromatic heterocycles. The van der Waals surface area contributed by atoms with Crippen molar-refractivity contribution < 1.29 is 4.74 Å². The largest absolute Gasteiger partial charge is 0.370 e. The number of rotatable bonds is 3. The lowest BCUT2D eigenvalue weighted by Gasteiger charge is -2.17. The third-order valence-electron chi connectivity index (χ3n) is 3.08. The molecule has 3 atom stereocenters. The summed E-state index contributed by atoms with van der Waals surface area (Å²) in [6.07, 6.45) is 7.11. The summed E-state index contributed by atoms with van der Waals surface area (Å²) >= 11 is 0. The fourth-order valence-electron chi connectivity index (χ4n) is 2.24. The molecule has 2 heteroatoms. The summed E-state index contributed by atoms with van der Waals surface area (Å²) < 4.78 is 5.50. The molecular formula is C9H18OSi. The topological polar surface area (TPSA) is 12.5 Å². The highest BCUT2D eigenvalue weighted by Crippen LogP contribution is 2.40. The Kier molecular flexibility index (Phi) is 2.32. The molecule has 0 spiro atoms. The molecule has 0 N–H and O–H groups in total. The fraction of sp³-hybridized carbons (Fsp3) is 1.00. The quantitative estimate of drug-likeness (QED) is 0.463. The Morgan fingerprint density at radius 1 is 1.36 bits per heavy atom. The Morgan fingerprint density at radius 3 is 3.00 bits per heavy atom. The lowest BCUT2D eigenvalue weighted by molar-refractivity contribution is 0.357. The second-order valence-corrected chi connectivity index (χ2v) is 5.74. The maximum atomic E-state index is 5.50. The SMILES string of the molecule is C[SiH2]CC[C@H]1CCC2O[C@H]2C1. The molecule has 11 heavy (non-hydrogen) atoms. The van der Waals surface area contributed by atoms with Crippen LogP contribution in [0.1, 0.15) is 25.7 Å². The van der Waals surface area contributed by atoms with Crippen molar-refractivity contribution in [2.45, 2.75) is 50.5 Å². The second-order valence-electron chi connectivity index (χ2n) is 4.03. The van der Waals surface area contributed by atoms with Crippen molar-refractivity contribution in [2.75, 3.05) is 0 Å². The molecular weight excluding hydrogens is 152 g/mol. The molecule has 1 saturated heterocycles. The van der Waals surface area contributed by atoms with E-state index >= 15 is 0 Å². The van der Waals surface area contributed by atoms with Crippen molar-refractivity contribution in [3.05, 3.63) is 0 Å². The van der Waals surface area contributed by atoms with Crippen molar-refractivity contribution >= 4 is 9.52 Å². The standard InChI is InChI=1S/C9H18OSi/c1-11-5-4-7-2-3-8-9(6-7)10-8/h7-9H,2-6,11H2,1H3/t7-,8?,9+/m1/s1. The molecule has 1 saturated carbocycles. The highest BCUT2D eigenvalue weighted by atomic mass is 28.2. The first-order valence-electron chi connectivity index (χ1n) is 5.05. The van der Waals surface area contributed by atoms with Gasteiger partial charge in [-0.1, -0.05) is 19.0 Å². The van der Waals surface area contributed by atoms with Gasteiger partial charge >= 0.3 is 0 Å². The predicted octanol–water partition coefficient (Wildman–Crippen LogP) is 1.58. The lowest BCUT2D eigenvalue weighted by atomic mass is 9.88. The molecule has 64 valence electrons. The highest BCUT2D eigenvalue weighted by Gasteiger charge is 2.43. The monoisotopic (exact) mass is 170 g/mol. The van der Waals surface area contributed by atoms with Crippen molar-refractivity contribution in [3.63, 3.8) is 0 Å². The van der Waals surface area contributed by atoms with Crippen LogP contribution in [0.25, 0.3) is 0 Å². The average Bonchev–Trinajstić information content (AvgIpc) is 2.78. The van der Waals surface area contributed by atoms with Gasteiger partial charge in [-0.05, 0) is 25.2 Å². The van der Waals surface area contributed by atoms with Crippen LogP contribution in [0.4, 0.5) is 0 Å². The Bertz CT molecular complexity index is 138. The fourth-order valence-corrected chi connectivity index (χ4v) is 3.23. The molecule has 0 bridgehead atoms. The van der Waals surface area contributed by atoms with Crippen LogP contribution >= 0.6 is 0 Å². The summed E-state index contributed by atoms with van der Waals surface area (Å²) in [4.78, 5) is 0. The number of ether oxygens (including phenoxy) is 1. The van der Waals surface area contributed by atoms with Gasteiger partial charge < -0.3 is 4.74 Å². The molecule has 0 aromatic carbocycles. The van der Waals surface area contributed by atoms with Crippen molar-refractivity contribution in [3.8, 4) is 0 Å². The molecule has 0 amide bonds. The van der Waals surface area contributed by atoms with E-state index in [1.165, 1.54) is 25.7 Å². The zero-order chi connectivity index (χ0) is 7.68. The van der Waals surface area contributed by atoms with Crippen LogP contribution in [0.2, 0.25) is 12.6 Å². The normalized spacial score (nSPS) is 42.8. The van der Waals surface area contributed by atoms with Gasteiger partial charge in [-0.3, -0.25) is 0 Å². The lowest BCUT2D eigenvalue weighted by Crippen LogP contribution is -2.13. The van der Waals surface area contributed by atoms with Crippen LogP contribution < -0.4 is 0 Å². The average molecular weight is 170 g/mol. The van der Waals surface area contributed by atoms with Gasteiger partial charge in [-0.25, -0.2) is 0 Å². The molecule has 1 aliphatic carbocycles. The molecule has 0 aromatic rings. The van der Waals surface area contributed by atoms with Gasteiger partial charge in [0.05, 0.1) is 12.2 Å². The van der Waals surface area contributed by atoms with Gasteiger partial charge in [0.1, 0.15) is 0 Å². The summed E-state index contributed by atoms with van der Waals surface area (Å²) in [5, 5.41) is 0. The first-order valence-corrected chi connectivity index (χ1v) is 7.47. The Labute approximate surface area is 71.3 Å². The number of hydrogen-bond donors (Lipinski definition) is 0. The van der Waals surface area contributed by atoms with Crippen LogP contribution in [0.5, 0.6) is 0 Å². The van der Waals surface area contributed by atoms with E-state index in [4.69, 9.17) is 4.74 Å². The van der Waals surface area contributed by atoms with Gasteiger partial charge in [0.2, 0.25) is 0 Å². The van der Waals surface area contributed by atoms with Crippen LogP contribution in [0.3, 0.4) is 0 Å². The van der Waals surface area contributed by atoms with E-state index in [9.17, 15) is 0 Å². The molecule has 1 heterocycles. The van der Waals surface area contributed by atoms with Crippen molar-refractivity contribution in [1.82, 2.24) is 0 Å². The van der Waals surface area contributed by atoms with Gasteiger partial charge in [-0.15, -0.1) is 0 Å². The van der Waals surface area contributed by atoms with Gasteiger partial charge in [0, 0.05) is 9.52 Å². The Balaban J connectivity index is 1.68. The molecule has 1 unspecified atom stereocenters. The second kappa shape index (κ2) is 3.28. The van der Waals surface area contributed by atoms with Crippen LogP contribution in [-0.4, -0.2) is 21.7 Å².